The molecule has 0 aromatic heterocycles. The third kappa shape index (κ3) is 5.29. The van der Waals surface area contributed by atoms with Crippen molar-refractivity contribution in [2.75, 3.05) is 17.6 Å². The van der Waals surface area contributed by atoms with Crippen molar-refractivity contribution in [1.82, 2.24) is 5.32 Å². The first-order valence-electron chi connectivity index (χ1n) is 9.83. The highest BCUT2D eigenvalue weighted by molar-refractivity contribution is 7.98. The molecule has 1 atom stereocenters. The summed E-state index contributed by atoms with van der Waals surface area (Å²) >= 11 is 1.55. The van der Waals surface area contributed by atoms with E-state index in [2.05, 4.69) is 5.32 Å². The molecule has 7 heteroatoms. The predicted molar refractivity (Wildman–Crippen MR) is 127 cm³/mol. The Morgan fingerprint density at radius 3 is 2.06 bits per heavy atom. The number of carbonyl (C=O) groups excluding carboxylic acids is 1. The molecule has 0 heterocycles. The van der Waals surface area contributed by atoms with Gasteiger partial charge in [0.2, 0.25) is 0 Å². The van der Waals surface area contributed by atoms with E-state index in [1.54, 1.807) is 60.3 Å². The fourth-order valence-electron chi connectivity index (χ4n) is 3.09. The van der Waals surface area contributed by atoms with Gasteiger partial charge in [-0.15, -0.1) is 11.8 Å². The Morgan fingerprint density at radius 1 is 0.935 bits per heavy atom. The molecule has 0 fully saturated rings. The summed E-state index contributed by atoms with van der Waals surface area (Å²) in [6, 6.07) is 21.2. The van der Waals surface area contributed by atoms with Gasteiger partial charge in [-0.1, -0.05) is 29.8 Å². The van der Waals surface area contributed by atoms with E-state index >= 15 is 0 Å². The van der Waals surface area contributed by atoms with Crippen LogP contribution in [0, 0.1) is 6.92 Å². The normalized spacial score (nSPS) is 12.3. The summed E-state index contributed by atoms with van der Waals surface area (Å²) in [4.78, 5) is 13.8. The largest absolute Gasteiger partial charge is 0.346 e. The number of anilines is 1. The zero-order valence-corrected chi connectivity index (χ0v) is 19.6. The average molecular weight is 455 g/mol. The van der Waals surface area contributed by atoms with E-state index < -0.39 is 10.0 Å². The van der Waals surface area contributed by atoms with Crippen LogP contribution in [0.25, 0.3) is 0 Å². The van der Waals surface area contributed by atoms with Crippen LogP contribution in [0.5, 0.6) is 0 Å². The molecular formula is C24H26N2O3S2. The first kappa shape index (κ1) is 22.9. The van der Waals surface area contributed by atoms with Crippen molar-refractivity contribution in [1.29, 1.82) is 0 Å². The number of aryl methyl sites for hydroxylation is 1. The van der Waals surface area contributed by atoms with Crippen LogP contribution in [0.4, 0.5) is 5.69 Å². The summed E-state index contributed by atoms with van der Waals surface area (Å²) in [7, 11) is -2.18. The topological polar surface area (TPSA) is 66.5 Å². The van der Waals surface area contributed by atoms with Gasteiger partial charge in [-0.05, 0) is 74.2 Å². The summed E-state index contributed by atoms with van der Waals surface area (Å²) in [6.45, 7) is 3.95. The second kappa shape index (κ2) is 9.58. The van der Waals surface area contributed by atoms with Crippen molar-refractivity contribution in [2.24, 2.45) is 0 Å². The number of nitrogens with zero attached hydrogens (tertiary/aromatic N) is 1. The van der Waals surface area contributed by atoms with Crippen LogP contribution in [-0.2, 0) is 10.0 Å². The first-order valence-corrected chi connectivity index (χ1v) is 12.5. The molecule has 3 aromatic carbocycles. The molecular weight excluding hydrogens is 428 g/mol. The monoisotopic (exact) mass is 454 g/mol. The van der Waals surface area contributed by atoms with E-state index in [0.29, 0.717) is 11.3 Å². The van der Waals surface area contributed by atoms with Gasteiger partial charge >= 0.3 is 0 Å². The Labute approximate surface area is 188 Å². The Kier molecular flexibility index (Phi) is 7.08. The third-order valence-electron chi connectivity index (χ3n) is 5.14. The summed E-state index contributed by atoms with van der Waals surface area (Å²) in [5.74, 6) is -0.210. The van der Waals surface area contributed by atoms with Gasteiger partial charge in [0.1, 0.15) is 0 Å². The molecule has 0 saturated heterocycles. The minimum Gasteiger partial charge on any atom is -0.346 e. The molecule has 0 aliphatic carbocycles. The summed E-state index contributed by atoms with van der Waals surface area (Å²) in [6.07, 6.45) is 1.94. The molecule has 3 aromatic rings. The molecule has 31 heavy (non-hydrogen) atoms. The zero-order valence-electron chi connectivity index (χ0n) is 18.0. The number of sulfonamides is 1. The van der Waals surface area contributed by atoms with E-state index in [1.165, 1.54) is 11.4 Å². The van der Waals surface area contributed by atoms with Gasteiger partial charge in [-0.2, -0.15) is 0 Å². The van der Waals surface area contributed by atoms with Gasteiger partial charge in [0.15, 0.2) is 0 Å². The highest BCUT2D eigenvalue weighted by Crippen LogP contribution is 2.24. The van der Waals surface area contributed by atoms with Crippen molar-refractivity contribution >= 4 is 33.4 Å². The molecule has 0 bridgehead atoms. The fourth-order valence-corrected chi connectivity index (χ4v) is 4.69. The second-order valence-electron chi connectivity index (χ2n) is 7.30. The molecule has 3 rings (SSSR count). The zero-order chi connectivity index (χ0) is 22.6. The third-order valence-corrected chi connectivity index (χ3v) is 7.68. The molecule has 0 unspecified atom stereocenters. The second-order valence-corrected chi connectivity index (χ2v) is 10.1. The van der Waals surface area contributed by atoms with Gasteiger partial charge in [0.25, 0.3) is 15.9 Å². The molecule has 0 aliphatic heterocycles. The predicted octanol–water partition coefficient (Wildman–Crippen LogP) is 5.03. The number of amides is 1. The Hall–Kier alpha value is -2.77. The Balaban J connectivity index is 1.72. The highest BCUT2D eigenvalue weighted by atomic mass is 32.2. The van der Waals surface area contributed by atoms with Crippen molar-refractivity contribution in [3.63, 3.8) is 0 Å². The lowest BCUT2D eigenvalue weighted by Crippen LogP contribution is -2.28. The van der Waals surface area contributed by atoms with E-state index in [-0.39, 0.29) is 16.8 Å². The van der Waals surface area contributed by atoms with E-state index in [1.807, 2.05) is 44.4 Å². The van der Waals surface area contributed by atoms with Crippen LogP contribution in [-0.4, -0.2) is 27.6 Å². The van der Waals surface area contributed by atoms with Gasteiger partial charge < -0.3 is 5.32 Å². The van der Waals surface area contributed by atoms with Crippen molar-refractivity contribution in [3.8, 4) is 0 Å². The number of carbonyl (C=O) groups is 1. The molecule has 1 amide bonds. The van der Waals surface area contributed by atoms with Gasteiger partial charge in [-0.25, -0.2) is 8.42 Å². The Bertz CT molecular complexity index is 1140. The average Bonchev–Trinajstić information content (AvgIpc) is 2.79. The van der Waals surface area contributed by atoms with E-state index in [0.717, 1.165) is 16.0 Å². The lowest BCUT2D eigenvalue weighted by Gasteiger charge is -2.20. The summed E-state index contributed by atoms with van der Waals surface area (Å²) in [5, 5.41) is 2.97. The van der Waals surface area contributed by atoms with Crippen LogP contribution in [0.2, 0.25) is 0 Å². The SMILES string of the molecule is CSc1ccc(S(=O)(=O)N(C)c2ccc(C(=O)N[C@H](C)c3ccc(C)cc3)cc2)cc1. The van der Waals surface area contributed by atoms with Crippen LogP contribution in [0.3, 0.4) is 0 Å². The first-order chi connectivity index (χ1) is 14.7. The van der Waals surface area contributed by atoms with Crippen LogP contribution >= 0.6 is 11.8 Å². The van der Waals surface area contributed by atoms with E-state index in [9.17, 15) is 13.2 Å². The van der Waals surface area contributed by atoms with Crippen molar-refractivity contribution in [2.45, 2.75) is 29.7 Å². The maximum Gasteiger partial charge on any atom is 0.264 e. The molecule has 0 radical (unpaired) electrons. The Morgan fingerprint density at radius 2 is 1.52 bits per heavy atom. The molecule has 0 spiro atoms. The summed E-state index contributed by atoms with van der Waals surface area (Å²) < 4.78 is 27.1. The molecule has 162 valence electrons. The number of hydrogen-bond acceptors (Lipinski definition) is 4. The van der Waals surface area contributed by atoms with Crippen LogP contribution in [0.15, 0.2) is 82.6 Å². The number of hydrogen-bond donors (Lipinski definition) is 1. The maximum absolute atomic E-state index is 12.9. The standard InChI is InChI=1S/C24H26N2O3S2/c1-17-5-7-19(8-6-17)18(2)25-24(27)20-9-11-21(12-10-20)26(3)31(28,29)23-15-13-22(30-4)14-16-23/h5-16,18H,1-4H3,(H,25,27)/t18-/m1/s1. The fraction of sp³-hybridized carbons (Fsp3) is 0.208. The minimum absolute atomic E-state index is 0.139. The quantitative estimate of drug-likeness (QED) is 0.508. The van der Waals surface area contributed by atoms with Gasteiger partial charge in [0.05, 0.1) is 16.6 Å². The lowest BCUT2D eigenvalue weighted by molar-refractivity contribution is 0.0940. The van der Waals surface area contributed by atoms with Gasteiger partial charge in [-0.3, -0.25) is 9.10 Å². The number of benzene rings is 3. The van der Waals surface area contributed by atoms with Crippen molar-refractivity contribution < 1.29 is 13.2 Å². The molecule has 0 saturated carbocycles. The number of rotatable bonds is 7. The number of nitrogens with one attached hydrogen (secondary N) is 1. The smallest absolute Gasteiger partial charge is 0.264 e. The maximum atomic E-state index is 12.9. The summed E-state index contributed by atoms with van der Waals surface area (Å²) in [5.41, 5.74) is 3.14. The van der Waals surface area contributed by atoms with E-state index in [4.69, 9.17) is 0 Å². The van der Waals surface area contributed by atoms with Crippen LogP contribution < -0.4 is 9.62 Å². The van der Waals surface area contributed by atoms with Crippen LogP contribution in [0.1, 0.15) is 34.5 Å². The molecule has 5 nitrogen and oxygen atoms in total. The highest BCUT2D eigenvalue weighted by Gasteiger charge is 2.21. The molecule has 1 N–H and O–H groups in total. The van der Waals surface area contributed by atoms with Crippen molar-refractivity contribution in [3.05, 3.63) is 89.5 Å². The minimum atomic E-state index is -3.69. The lowest BCUT2D eigenvalue weighted by atomic mass is 10.1. The molecule has 0 aliphatic rings. The number of thioether (sulfide) groups is 1. The van der Waals surface area contributed by atoms with Gasteiger partial charge in [0, 0.05) is 17.5 Å².